The third-order valence-corrected chi connectivity index (χ3v) is 2.67. The molecule has 0 radical (unpaired) electrons. The van der Waals surface area contributed by atoms with Gasteiger partial charge in [0.05, 0.1) is 19.8 Å². The molecule has 0 bridgehead atoms. The molecule has 1 aliphatic rings. The van der Waals surface area contributed by atoms with E-state index in [1.165, 1.54) is 0 Å². The number of hydrogen-bond donors (Lipinski definition) is 1. The maximum atomic E-state index is 11.9. The van der Waals surface area contributed by atoms with Crippen molar-refractivity contribution in [2.45, 2.75) is 25.5 Å². The van der Waals surface area contributed by atoms with Gasteiger partial charge in [-0.1, -0.05) is 18.2 Å². The largest absolute Gasteiger partial charge is 0.411 e. The SMILES string of the molecule is OC(COCC(F)(F)F)c1ccc2c(c1)COC2. The van der Waals surface area contributed by atoms with Crippen molar-refractivity contribution >= 4 is 0 Å². The van der Waals surface area contributed by atoms with E-state index in [0.29, 0.717) is 18.8 Å². The minimum absolute atomic E-state index is 0.376. The van der Waals surface area contributed by atoms with Crippen LogP contribution in [-0.2, 0) is 22.7 Å². The van der Waals surface area contributed by atoms with E-state index < -0.39 is 18.9 Å². The van der Waals surface area contributed by atoms with Gasteiger partial charge in [-0.15, -0.1) is 0 Å². The lowest BCUT2D eigenvalue weighted by atomic mass is 10.0. The summed E-state index contributed by atoms with van der Waals surface area (Å²) < 4.78 is 45.2. The molecule has 0 saturated heterocycles. The van der Waals surface area contributed by atoms with Crippen LogP contribution in [0.25, 0.3) is 0 Å². The van der Waals surface area contributed by atoms with E-state index in [0.717, 1.165) is 11.1 Å². The Kier molecular flexibility index (Phi) is 3.89. The minimum Gasteiger partial charge on any atom is -0.386 e. The molecule has 100 valence electrons. The second-order valence-corrected chi connectivity index (χ2v) is 4.17. The van der Waals surface area contributed by atoms with Gasteiger partial charge in [0.1, 0.15) is 12.7 Å². The number of benzene rings is 1. The van der Waals surface area contributed by atoms with Crippen molar-refractivity contribution in [2.75, 3.05) is 13.2 Å². The molecule has 0 amide bonds. The van der Waals surface area contributed by atoms with Crippen LogP contribution in [0.4, 0.5) is 13.2 Å². The molecule has 1 atom stereocenters. The predicted octanol–water partition coefficient (Wildman–Crippen LogP) is 2.33. The third kappa shape index (κ3) is 3.44. The second-order valence-electron chi connectivity index (χ2n) is 4.17. The fourth-order valence-electron chi connectivity index (χ4n) is 1.78. The van der Waals surface area contributed by atoms with Crippen molar-refractivity contribution in [3.63, 3.8) is 0 Å². The summed E-state index contributed by atoms with van der Waals surface area (Å²) in [4.78, 5) is 0. The zero-order valence-corrected chi connectivity index (χ0v) is 9.54. The molecule has 3 nitrogen and oxygen atoms in total. The van der Waals surface area contributed by atoms with Crippen molar-refractivity contribution in [1.29, 1.82) is 0 Å². The summed E-state index contributed by atoms with van der Waals surface area (Å²) in [5, 5.41) is 9.72. The number of alkyl halides is 3. The van der Waals surface area contributed by atoms with Crippen LogP contribution >= 0.6 is 0 Å². The number of ether oxygens (including phenoxy) is 2. The summed E-state index contributed by atoms with van der Waals surface area (Å²) in [5.74, 6) is 0. The molecule has 1 aromatic rings. The minimum atomic E-state index is -4.37. The van der Waals surface area contributed by atoms with E-state index in [1.807, 2.05) is 6.07 Å². The van der Waals surface area contributed by atoms with Crippen molar-refractivity contribution in [3.05, 3.63) is 34.9 Å². The van der Waals surface area contributed by atoms with Gasteiger partial charge in [-0.2, -0.15) is 13.2 Å². The first-order valence-corrected chi connectivity index (χ1v) is 5.48. The highest BCUT2D eigenvalue weighted by Crippen LogP contribution is 2.24. The van der Waals surface area contributed by atoms with Crippen molar-refractivity contribution < 1.29 is 27.8 Å². The molecule has 1 aliphatic heterocycles. The molecule has 1 N–H and O–H groups in total. The monoisotopic (exact) mass is 262 g/mol. The van der Waals surface area contributed by atoms with Crippen LogP contribution in [0.2, 0.25) is 0 Å². The van der Waals surface area contributed by atoms with Crippen LogP contribution in [0.3, 0.4) is 0 Å². The highest BCUT2D eigenvalue weighted by Gasteiger charge is 2.28. The van der Waals surface area contributed by atoms with E-state index in [4.69, 9.17) is 4.74 Å². The zero-order chi connectivity index (χ0) is 13.2. The first-order chi connectivity index (χ1) is 8.46. The lowest BCUT2D eigenvalue weighted by molar-refractivity contribution is -0.179. The molecule has 0 aliphatic carbocycles. The molecule has 0 aromatic heterocycles. The predicted molar refractivity (Wildman–Crippen MR) is 56.8 cm³/mol. The molecule has 0 spiro atoms. The summed E-state index contributed by atoms with van der Waals surface area (Å²) >= 11 is 0. The Balaban J connectivity index is 1.91. The smallest absolute Gasteiger partial charge is 0.386 e. The molecule has 1 aromatic carbocycles. The first kappa shape index (κ1) is 13.3. The second kappa shape index (κ2) is 5.26. The summed E-state index contributed by atoms with van der Waals surface area (Å²) in [7, 11) is 0. The van der Waals surface area contributed by atoms with Crippen molar-refractivity contribution in [3.8, 4) is 0 Å². The summed E-state index contributed by atoms with van der Waals surface area (Å²) in [6, 6.07) is 5.23. The summed E-state index contributed by atoms with van der Waals surface area (Å²) in [6.07, 6.45) is -5.43. The maximum Gasteiger partial charge on any atom is 0.411 e. The van der Waals surface area contributed by atoms with Crippen LogP contribution in [0, 0.1) is 0 Å². The quantitative estimate of drug-likeness (QED) is 0.905. The molecule has 18 heavy (non-hydrogen) atoms. The van der Waals surface area contributed by atoms with E-state index in [-0.39, 0.29) is 6.61 Å². The highest BCUT2D eigenvalue weighted by atomic mass is 19.4. The van der Waals surface area contributed by atoms with Gasteiger partial charge in [-0.3, -0.25) is 0 Å². The molecule has 6 heteroatoms. The molecule has 2 rings (SSSR count). The Morgan fingerprint density at radius 2 is 2.00 bits per heavy atom. The van der Waals surface area contributed by atoms with Gasteiger partial charge in [-0.05, 0) is 16.7 Å². The van der Waals surface area contributed by atoms with Gasteiger partial charge in [0.2, 0.25) is 0 Å². The van der Waals surface area contributed by atoms with Crippen molar-refractivity contribution in [1.82, 2.24) is 0 Å². The number of aliphatic hydroxyl groups is 1. The van der Waals surface area contributed by atoms with E-state index >= 15 is 0 Å². The van der Waals surface area contributed by atoms with Crippen LogP contribution in [0.5, 0.6) is 0 Å². The Morgan fingerprint density at radius 1 is 1.28 bits per heavy atom. The van der Waals surface area contributed by atoms with Gasteiger partial charge in [0.25, 0.3) is 0 Å². The third-order valence-electron chi connectivity index (χ3n) is 2.67. The number of halogens is 3. The number of aliphatic hydroxyl groups excluding tert-OH is 1. The van der Waals surface area contributed by atoms with Crippen molar-refractivity contribution in [2.24, 2.45) is 0 Å². The van der Waals surface area contributed by atoms with Gasteiger partial charge in [0, 0.05) is 0 Å². The summed E-state index contributed by atoms with van der Waals surface area (Å²) in [6.45, 7) is -0.715. The Bertz CT molecular complexity index is 418. The highest BCUT2D eigenvalue weighted by molar-refractivity contribution is 5.34. The van der Waals surface area contributed by atoms with Gasteiger partial charge in [-0.25, -0.2) is 0 Å². The average molecular weight is 262 g/mol. The van der Waals surface area contributed by atoms with Crippen LogP contribution in [0.15, 0.2) is 18.2 Å². The van der Waals surface area contributed by atoms with Crippen LogP contribution in [-0.4, -0.2) is 24.5 Å². The first-order valence-electron chi connectivity index (χ1n) is 5.48. The Labute approximate surface area is 102 Å². The lowest BCUT2D eigenvalue weighted by Gasteiger charge is -2.13. The molecule has 0 saturated carbocycles. The number of rotatable bonds is 4. The van der Waals surface area contributed by atoms with Gasteiger partial charge in [0.15, 0.2) is 0 Å². The fraction of sp³-hybridized carbons (Fsp3) is 0.500. The Hall–Kier alpha value is -1.11. The summed E-state index contributed by atoms with van der Waals surface area (Å²) in [5.41, 5.74) is 2.55. The molecular formula is C12H13F3O3. The van der Waals surface area contributed by atoms with Gasteiger partial charge >= 0.3 is 6.18 Å². The standard InChI is InChI=1S/C12H13F3O3/c13-12(14,15)7-18-6-11(16)8-1-2-9-4-17-5-10(9)3-8/h1-3,11,16H,4-7H2. The zero-order valence-electron chi connectivity index (χ0n) is 9.54. The van der Waals surface area contributed by atoms with Gasteiger partial charge < -0.3 is 14.6 Å². The number of fused-ring (bicyclic) bond motifs is 1. The van der Waals surface area contributed by atoms with E-state index in [9.17, 15) is 18.3 Å². The molecule has 0 fully saturated rings. The van der Waals surface area contributed by atoms with Crippen LogP contribution in [0.1, 0.15) is 22.8 Å². The average Bonchev–Trinajstić information content (AvgIpc) is 2.73. The van der Waals surface area contributed by atoms with Crippen LogP contribution < -0.4 is 0 Å². The van der Waals surface area contributed by atoms with E-state index in [2.05, 4.69) is 4.74 Å². The molecular weight excluding hydrogens is 249 g/mol. The Morgan fingerprint density at radius 3 is 2.72 bits per heavy atom. The lowest BCUT2D eigenvalue weighted by Crippen LogP contribution is -2.19. The topological polar surface area (TPSA) is 38.7 Å². The maximum absolute atomic E-state index is 11.9. The fourth-order valence-corrected chi connectivity index (χ4v) is 1.78. The molecule has 1 unspecified atom stereocenters. The number of hydrogen-bond acceptors (Lipinski definition) is 3. The molecule has 1 heterocycles. The normalized spacial score (nSPS) is 16.7. The van der Waals surface area contributed by atoms with E-state index in [1.54, 1.807) is 12.1 Å².